The van der Waals surface area contributed by atoms with E-state index in [9.17, 15) is 23.1 Å². The first-order valence-corrected chi connectivity index (χ1v) is 8.64. The summed E-state index contributed by atoms with van der Waals surface area (Å²) in [5, 5.41) is 24.1. The van der Waals surface area contributed by atoms with Crippen LogP contribution in [0.5, 0.6) is 0 Å². The Hall–Kier alpha value is -3.03. The second-order valence-electron chi connectivity index (χ2n) is 5.94. The highest BCUT2D eigenvalue weighted by molar-refractivity contribution is 6.36. The van der Waals surface area contributed by atoms with Crippen LogP contribution in [-0.4, -0.2) is 37.9 Å². The van der Waals surface area contributed by atoms with Gasteiger partial charge in [0.05, 0.1) is 23.4 Å². The number of rotatable bonds is 4. The Kier molecular flexibility index (Phi) is 5.30. The average Bonchev–Trinajstić information content (AvgIpc) is 3.05. The molecule has 3 rings (SSSR count). The van der Waals surface area contributed by atoms with Gasteiger partial charge in [-0.05, 0) is 19.1 Å². The van der Waals surface area contributed by atoms with Crippen LogP contribution in [0, 0.1) is 11.3 Å². The van der Waals surface area contributed by atoms with Crippen LogP contribution in [-0.2, 0) is 0 Å². The maximum absolute atomic E-state index is 13.2. The Morgan fingerprint density at radius 3 is 2.62 bits per heavy atom. The number of nitrogens with one attached hydrogen (secondary N) is 1. The molecule has 12 heteroatoms. The van der Waals surface area contributed by atoms with Gasteiger partial charge < -0.3 is 10.4 Å². The van der Waals surface area contributed by atoms with Crippen molar-refractivity contribution >= 4 is 40.6 Å². The molecule has 0 radical (unpaired) electrons. The number of benzene rings is 1. The number of nitrogens with zero attached hydrogens (tertiary/aromatic N) is 4. The van der Waals surface area contributed by atoms with Gasteiger partial charge in [0.1, 0.15) is 22.6 Å². The van der Waals surface area contributed by atoms with Gasteiger partial charge in [-0.3, -0.25) is 0 Å². The fourth-order valence-electron chi connectivity index (χ4n) is 2.56. The van der Waals surface area contributed by atoms with E-state index in [1.165, 1.54) is 18.2 Å². The molecule has 0 bridgehead atoms. The lowest BCUT2D eigenvalue weighted by Crippen LogP contribution is -2.34. The monoisotopic (exact) mass is 443 g/mol. The molecule has 1 aromatic carbocycles. The fourth-order valence-corrected chi connectivity index (χ4v) is 3.11. The van der Waals surface area contributed by atoms with Crippen LogP contribution in [0.25, 0.3) is 16.8 Å². The maximum atomic E-state index is 13.2. The van der Waals surface area contributed by atoms with Gasteiger partial charge in [0, 0.05) is 10.6 Å². The summed E-state index contributed by atoms with van der Waals surface area (Å²) in [5.74, 6) is -1.62. The van der Waals surface area contributed by atoms with Gasteiger partial charge in [0.15, 0.2) is 5.65 Å². The number of halogens is 5. The van der Waals surface area contributed by atoms with Gasteiger partial charge in [0.2, 0.25) is 0 Å². The summed E-state index contributed by atoms with van der Waals surface area (Å²) in [6.07, 6.45) is -3.66. The third kappa shape index (κ3) is 3.79. The van der Waals surface area contributed by atoms with E-state index in [0.717, 1.165) is 17.6 Å². The van der Waals surface area contributed by atoms with Gasteiger partial charge >= 0.3 is 12.1 Å². The molecule has 0 spiro atoms. The molecule has 0 aliphatic rings. The minimum Gasteiger partial charge on any atom is -0.477 e. The zero-order chi connectivity index (χ0) is 21.5. The molecule has 7 nitrogen and oxygen atoms in total. The van der Waals surface area contributed by atoms with Crippen molar-refractivity contribution in [2.75, 3.05) is 5.32 Å². The molecule has 0 saturated heterocycles. The van der Waals surface area contributed by atoms with Crippen molar-refractivity contribution in [2.45, 2.75) is 19.1 Å². The third-order valence-electron chi connectivity index (χ3n) is 4.04. The van der Waals surface area contributed by atoms with Crippen molar-refractivity contribution in [3.8, 4) is 17.2 Å². The van der Waals surface area contributed by atoms with Gasteiger partial charge in [-0.2, -0.15) is 28.0 Å². The first kappa shape index (κ1) is 20.7. The first-order valence-electron chi connectivity index (χ1n) is 7.88. The largest absolute Gasteiger partial charge is 0.477 e. The normalized spacial score (nSPS) is 12.6. The lowest BCUT2D eigenvalue weighted by atomic mass is 10.1. The molecule has 0 saturated carbocycles. The molecule has 2 heterocycles. The average molecular weight is 444 g/mol. The van der Waals surface area contributed by atoms with Crippen molar-refractivity contribution in [3.63, 3.8) is 0 Å². The van der Waals surface area contributed by atoms with Crippen LogP contribution in [0.3, 0.4) is 0 Å². The fraction of sp³-hybridized carbons (Fsp3) is 0.176. The summed E-state index contributed by atoms with van der Waals surface area (Å²) in [4.78, 5) is 15.4. The molecule has 0 aliphatic carbocycles. The molecule has 1 atom stereocenters. The van der Waals surface area contributed by atoms with Crippen LogP contribution in [0.1, 0.15) is 22.8 Å². The molecule has 150 valence electrons. The molecule has 0 aliphatic heterocycles. The molecule has 0 unspecified atom stereocenters. The van der Waals surface area contributed by atoms with Crippen molar-refractivity contribution in [1.82, 2.24) is 14.6 Å². The lowest BCUT2D eigenvalue weighted by Gasteiger charge is -2.22. The van der Waals surface area contributed by atoms with Gasteiger partial charge in [-0.1, -0.05) is 29.3 Å². The number of carbonyl (C=O) groups is 1. The highest BCUT2D eigenvalue weighted by atomic mass is 35.5. The predicted molar refractivity (Wildman–Crippen MR) is 99.3 cm³/mol. The summed E-state index contributed by atoms with van der Waals surface area (Å²) < 4.78 is 40.5. The summed E-state index contributed by atoms with van der Waals surface area (Å²) in [6.45, 7) is 0.881. The number of aromatic carboxylic acids is 1. The number of anilines is 1. The van der Waals surface area contributed by atoms with E-state index in [2.05, 4.69) is 15.4 Å². The number of alkyl halides is 3. The lowest BCUT2D eigenvalue weighted by molar-refractivity contribution is -0.138. The van der Waals surface area contributed by atoms with Crippen LogP contribution in [0.4, 0.5) is 19.0 Å². The molecular formula is C17H10Cl2F3N5O2. The predicted octanol–water partition coefficient (Wildman–Crippen LogP) is 4.64. The molecule has 0 amide bonds. The number of nitriles is 1. The Morgan fingerprint density at radius 1 is 1.38 bits per heavy atom. The van der Waals surface area contributed by atoms with E-state index < -0.39 is 18.2 Å². The number of hydrogen-bond acceptors (Lipinski definition) is 5. The molecule has 29 heavy (non-hydrogen) atoms. The van der Waals surface area contributed by atoms with Crippen molar-refractivity contribution in [2.24, 2.45) is 0 Å². The SMILES string of the molecule is C[C@H](Nc1c(-c2ccc(C#N)cc2Cl)c(Cl)nc2c(C(=O)O)cnn12)C(F)(F)F. The van der Waals surface area contributed by atoms with Crippen molar-refractivity contribution in [3.05, 3.63) is 45.7 Å². The summed E-state index contributed by atoms with van der Waals surface area (Å²) >= 11 is 12.4. The first-order chi connectivity index (χ1) is 13.5. The van der Waals surface area contributed by atoms with Gasteiger partial charge in [-0.25, -0.2) is 9.78 Å². The maximum Gasteiger partial charge on any atom is 0.408 e. The second-order valence-corrected chi connectivity index (χ2v) is 6.70. The quantitative estimate of drug-likeness (QED) is 0.569. The number of carboxylic acids is 1. The Bertz CT molecular complexity index is 1170. The van der Waals surface area contributed by atoms with E-state index in [1.54, 1.807) is 0 Å². The number of carboxylic acid groups (broad SMARTS) is 1. The standard InChI is InChI=1S/C17H10Cl2F3N5O2/c1-7(17(20,21)22)25-15-12(9-3-2-8(5-23)4-11(9)18)13(19)26-14-10(16(28)29)6-24-27(14)15/h2-4,6-7,25H,1H3,(H,28,29)/t7-/m0/s1. The van der Waals surface area contributed by atoms with Crippen LogP contribution in [0.15, 0.2) is 24.4 Å². The minimum absolute atomic E-state index is 0.0233. The van der Waals surface area contributed by atoms with Crippen LogP contribution < -0.4 is 5.32 Å². The highest BCUT2D eigenvalue weighted by Crippen LogP contribution is 2.40. The third-order valence-corrected chi connectivity index (χ3v) is 4.63. The van der Waals surface area contributed by atoms with Crippen molar-refractivity contribution < 1.29 is 23.1 Å². The van der Waals surface area contributed by atoms with E-state index in [-0.39, 0.29) is 43.9 Å². The van der Waals surface area contributed by atoms with Crippen LogP contribution in [0.2, 0.25) is 10.2 Å². The van der Waals surface area contributed by atoms with Crippen molar-refractivity contribution in [1.29, 1.82) is 5.26 Å². The van der Waals surface area contributed by atoms with E-state index >= 15 is 0 Å². The number of hydrogen-bond donors (Lipinski definition) is 2. The molecule has 0 fully saturated rings. The zero-order valence-corrected chi connectivity index (χ0v) is 15.9. The summed E-state index contributed by atoms with van der Waals surface area (Å²) in [5.41, 5.74) is -0.187. The number of aromatic nitrogens is 3. The summed E-state index contributed by atoms with van der Waals surface area (Å²) in [7, 11) is 0. The highest BCUT2D eigenvalue weighted by Gasteiger charge is 2.37. The molecule has 2 aromatic heterocycles. The van der Waals surface area contributed by atoms with Crippen LogP contribution >= 0.6 is 23.2 Å². The van der Waals surface area contributed by atoms with E-state index in [4.69, 9.17) is 28.5 Å². The Labute approximate surface area is 171 Å². The molecule has 3 aromatic rings. The zero-order valence-electron chi connectivity index (χ0n) is 14.4. The van der Waals surface area contributed by atoms with Gasteiger partial charge in [0.25, 0.3) is 0 Å². The number of fused-ring (bicyclic) bond motifs is 1. The Balaban J connectivity index is 2.34. The second kappa shape index (κ2) is 7.42. The topological polar surface area (TPSA) is 103 Å². The van der Waals surface area contributed by atoms with E-state index in [1.807, 2.05) is 6.07 Å². The van der Waals surface area contributed by atoms with E-state index in [0.29, 0.717) is 0 Å². The Morgan fingerprint density at radius 2 is 2.07 bits per heavy atom. The smallest absolute Gasteiger partial charge is 0.408 e. The minimum atomic E-state index is -4.61. The molecule has 2 N–H and O–H groups in total. The summed E-state index contributed by atoms with van der Waals surface area (Å²) in [6, 6.07) is 3.99. The molecular weight excluding hydrogens is 434 g/mol. The van der Waals surface area contributed by atoms with Gasteiger partial charge in [-0.15, -0.1) is 0 Å².